The fourth-order valence-corrected chi connectivity index (χ4v) is 3.58. The van der Waals surface area contributed by atoms with Crippen molar-refractivity contribution in [3.63, 3.8) is 0 Å². The first-order valence-electron chi connectivity index (χ1n) is 7.33. The van der Waals surface area contributed by atoms with Gasteiger partial charge in [0.25, 0.3) is 0 Å². The molecule has 0 spiro atoms. The molecule has 0 aliphatic heterocycles. The van der Waals surface area contributed by atoms with Crippen LogP contribution in [0.3, 0.4) is 0 Å². The van der Waals surface area contributed by atoms with E-state index in [2.05, 4.69) is 0 Å². The molecule has 2 aliphatic rings. The molecule has 0 aromatic rings. The molecule has 18 heavy (non-hydrogen) atoms. The molecular weight excluding hydrogens is 228 g/mol. The lowest BCUT2D eigenvalue weighted by atomic mass is 9.88. The number of urea groups is 1. The highest BCUT2D eigenvalue weighted by molar-refractivity contribution is 5.72. The van der Waals surface area contributed by atoms with E-state index in [1.807, 2.05) is 4.90 Å². The molecule has 4 nitrogen and oxygen atoms in total. The summed E-state index contributed by atoms with van der Waals surface area (Å²) in [5, 5.41) is 0. The van der Waals surface area contributed by atoms with Crippen molar-refractivity contribution in [2.75, 3.05) is 7.11 Å². The van der Waals surface area contributed by atoms with Gasteiger partial charge in [0.15, 0.2) is 0 Å². The number of primary amides is 1. The molecule has 2 fully saturated rings. The van der Waals surface area contributed by atoms with Crippen LogP contribution in [0.4, 0.5) is 4.79 Å². The quantitative estimate of drug-likeness (QED) is 0.841. The molecular formula is C14H26N2O2. The Morgan fingerprint density at radius 1 is 1.00 bits per heavy atom. The number of amides is 2. The number of methoxy groups -OCH3 is 1. The highest BCUT2D eigenvalue weighted by atomic mass is 16.5. The van der Waals surface area contributed by atoms with Crippen LogP contribution < -0.4 is 5.73 Å². The maximum absolute atomic E-state index is 11.8. The van der Waals surface area contributed by atoms with Gasteiger partial charge in [-0.15, -0.1) is 0 Å². The van der Waals surface area contributed by atoms with E-state index in [9.17, 15) is 4.79 Å². The van der Waals surface area contributed by atoms with Crippen LogP contribution in [0, 0.1) is 0 Å². The van der Waals surface area contributed by atoms with Crippen molar-refractivity contribution in [2.24, 2.45) is 5.73 Å². The summed E-state index contributed by atoms with van der Waals surface area (Å²) in [5.74, 6) is 0. The van der Waals surface area contributed by atoms with Crippen molar-refractivity contribution in [3.05, 3.63) is 0 Å². The Morgan fingerprint density at radius 3 is 2.06 bits per heavy atom. The van der Waals surface area contributed by atoms with Crippen molar-refractivity contribution in [2.45, 2.75) is 76.0 Å². The number of hydrogen-bond acceptors (Lipinski definition) is 2. The molecule has 0 saturated heterocycles. The van der Waals surface area contributed by atoms with Crippen LogP contribution in [0.5, 0.6) is 0 Å². The molecule has 0 heterocycles. The van der Waals surface area contributed by atoms with Crippen molar-refractivity contribution in [1.29, 1.82) is 0 Å². The van der Waals surface area contributed by atoms with E-state index in [1.165, 1.54) is 19.3 Å². The normalized spacial score (nSPS) is 30.1. The lowest BCUT2D eigenvalue weighted by Gasteiger charge is -2.41. The first-order valence-corrected chi connectivity index (χ1v) is 7.33. The summed E-state index contributed by atoms with van der Waals surface area (Å²) in [7, 11) is 1.78. The summed E-state index contributed by atoms with van der Waals surface area (Å²) in [6, 6.07) is 0.514. The van der Waals surface area contributed by atoms with Gasteiger partial charge in [-0.2, -0.15) is 0 Å². The zero-order valence-electron chi connectivity index (χ0n) is 11.4. The van der Waals surface area contributed by atoms with E-state index < -0.39 is 0 Å². The van der Waals surface area contributed by atoms with Gasteiger partial charge >= 0.3 is 6.03 Å². The molecule has 2 aliphatic carbocycles. The van der Waals surface area contributed by atoms with Crippen LogP contribution in [-0.4, -0.2) is 36.2 Å². The molecule has 2 saturated carbocycles. The minimum absolute atomic E-state index is 0.220. The summed E-state index contributed by atoms with van der Waals surface area (Å²) in [6.07, 6.45) is 10.6. The SMILES string of the molecule is COC1CCC(N(C(N)=O)C2CCCCC2)CC1. The minimum atomic E-state index is -0.220. The van der Waals surface area contributed by atoms with Crippen LogP contribution in [0.25, 0.3) is 0 Å². The van der Waals surface area contributed by atoms with Gasteiger partial charge in [0.2, 0.25) is 0 Å². The lowest BCUT2D eigenvalue weighted by Crippen LogP contribution is -2.51. The third kappa shape index (κ3) is 3.16. The molecule has 2 amide bonds. The van der Waals surface area contributed by atoms with Crippen LogP contribution in [0.2, 0.25) is 0 Å². The van der Waals surface area contributed by atoms with E-state index in [4.69, 9.17) is 10.5 Å². The van der Waals surface area contributed by atoms with E-state index in [0.29, 0.717) is 18.2 Å². The predicted molar refractivity (Wildman–Crippen MR) is 71.3 cm³/mol. The Balaban J connectivity index is 1.95. The number of carbonyl (C=O) groups is 1. The van der Waals surface area contributed by atoms with Crippen molar-refractivity contribution in [3.8, 4) is 0 Å². The molecule has 0 aromatic carbocycles. The Bertz CT molecular complexity index is 269. The average molecular weight is 254 g/mol. The number of ether oxygens (including phenoxy) is 1. The van der Waals surface area contributed by atoms with Crippen molar-refractivity contribution < 1.29 is 9.53 Å². The third-order valence-electron chi connectivity index (χ3n) is 4.59. The van der Waals surface area contributed by atoms with Gasteiger partial charge in [-0.25, -0.2) is 4.79 Å². The summed E-state index contributed by atoms with van der Waals surface area (Å²) >= 11 is 0. The van der Waals surface area contributed by atoms with Crippen LogP contribution in [0.1, 0.15) is 57.8 Å². The third-order valence-corrected chi connectivity index (χ3v) is 4.59. The fraction of sp³-hybridized carbons (Fsp3) is 0.929. The Hall–Kier alpha value is -0.770. The smallest absolute Gasteiger partial charge is 0.315 e. The standard InChI is InChI=1S/C14H26N2O2/c1-18-13-9-7-12(8-10-13)16(14(15)17)11-5-3-2-4-6-11/h11-13H,2-10H2,1H3,(H2,15,17). The summed E-state index contributed by atoms with van der Waals surface area (Å²) in [4.78, 5) is 13.8. The Morgan fingerprint density at radius 2 is 1.56 bits per heavy atom. The molecule has 0 bridgehead atoms. The van der Waals surface area contributed by atoms with E-state index in [-0.39, 0.29) is 6.03 Å². The largest absolute Gasteiger partial charge is 0.381 e. The van der Waals surface area contributed by atoms with Crippen molar-refractivity contribution in [1.82, 2.24) is 4.90 Å². The zero-order valence-corrected chi connectivity index (χ0v) is 11.4. The second-order valence-electron chi connectivity index (χ2n) is 5.70. The van der Waals surface area contributed by atoms with Crippen LogP contribution in [-0.2, 0) is 4.74 Å². The molecule has 2 N–H and O–H groups in total. The molecule has 104 valence electrons. The van der Waals surface area contributed by atoms with E-state index >= 15 is 0 Å². The van der Waals surface area contributed by atoms with Crippen LogP contribution >= 0.6 is 0 Å². The van der Waals surface area contributed by atoms with Gasteiger partial charge < -0.3 is 15.4 Å². The second kappa shape index (κ2) is 6.41. The Labute approximate surface area is 110 Å². The first-order chi connectivity index (χ1) is 8.72. The van der Waals surface area contributed by atoms with Crippen LogP contribution in [0.15, 0.2) is 0 Å². The summed E-state index contributed by atoms with van der Waals surface area (Å²) < 4.78 is 5.39. The molecule has 0 atom stereocenters. The fourth-order valence-electron chi connectivity index (χ4n) is 3.58. The predicted octanol–water partition coefficient (Wildman–Crippen LogP) is 2.66. The van der Waals surface area contributed by atoms with Gasteiger partial charge in [-0.1, -0.05) is 19.3 Å². The number of rotatable bonds is 3. The maximum atomic E-state index is 11.8. The number of carbonyl (C=O) groups excluding carboxylic acids is 1. The molecule has 0 aromatic heterocycles. The van der Waals surface area contributed by atoms with Crippen molar-refractivity contribution >= 4 is 6.03 Å². The summed E-state index contributed by atoms with van der Waals surface area (Å²) in [6.45, 7) is 0. The number of nitrogens with zero attached hydrogens (tertiary/aromatic N) is 1. The lowest BCUT2D eigenvalue weighted by molar-refractivity contribution is 0.0346. The molecule has 0 unspecified atom stereocenters. The highest BCUT2D eigenvalue weighted by Crippen LogP contribution is 2.30. The zero-order chi connectivity index (χ0) is 13.0. The van der Waals surface area contributed by atoms with Gasteiger partial charge in [0, 0.05) is 19.2 Å². The second-order valence-corrected chi connectivity index (χ2v) is 5.70. The van der Waals surface area contributed by atoms with Gasteiger partial charge in [0.1, 0.15) is 0 Å². The molecule has 2 rings (SSSR count). The van der Waals surface area contributed by atoms with Gasteiger partial charge in [-0.05, 0) is 38.5 Å². The van der Waals surface area contributed by atoms with E-state index in [1.54, 1.807) is 7.11 Å². The van der Waals surface area contributed by atoms with Gasteiger partial charge in [0.05, 0.1) is 6.10 Å². The summed E-state index contributed by atoms with van der Waals surface area (Å²) in [5.41, 5.74) is 5.62. The molecule has 0 radical (unpaired) electrons. The van der Waals surface area contributed by atoms with E-state index in [0.717, 1.165) is 38.5 Å². The number of nitrogens with two attached hydrogens (primary N) is 1. The topological polar surface area (TPSA) is 55.6 Å². The first kappa shape index (κ1) is 13.7. The maximum Gasteiger partial charge on any atom is 0.315 e. The number of hydrogen-bond donors (Lipinski definition) is 1. The molecule has 4 heteroatoms. The minimum Gasteiger partial charge on any atom is -0.381 e. The average Bonchev–Trinajstić information content (AvgIpc) is 2.40. The monoisotopic (exact) mass is 254 g/mol. The Kier molecular flexibility index (Phi) is 4.87. The van der Waals surface area contributed by atoms with Gasteiger partial charge in [-0.3, -0.25) is 0 Å². The highest BCUT2D eigenvalue weighted by Gasteiger charge is 2.33.